The van der Waals surface area contributed by atoms with Gasteiger partial charge in [0.2, 0.25) is 0 Å². The van der Waals surface area contributed by atoms with Crippen LogP contribution in [0.25, 0.3) is 0 Å². The van der Waals surface area contributed by atoms with Crippen LogP contribution in [0.2, 0.25) is 5.02 Å². The van der Waals surface area contributed by atoms with E-state index in [9.17, 15) is 30.8 Å². The van der Waals surface area contributed by atoms with Crippen LogP contribution >= 0.6 is 11.6 Å². The molecule has 3 aromatic carbocycles. The SMILES string of the molecule is O=C(Nc1ccc(S(=O)(=O)Nc2ccc(C(F)(F)F)cc2)cc1F)c1ccc(Cl)cc1. The summed E-state index contributed by atoms with van der Waals surface area (Å²) in [6, 6.07) is 11.9. The number of nitrogens with one attached hydrogen (secondary N) is 2. The summed E-state index contributed by atoms with van der Waals surface area (Å²) in [4.78, 5) is 11.7. The van der Waals surface area contributed by atoms with Crippen molar-refractivity contribution in [2.45, 2.75) is 11.1 Å². The Labute approximate surface area is 179 Å². The van der Waals surface area contributed by atoms with Crippen LogP contribution in [0.1, 0.15) is 15.9 Å². The van der Waals surface area contributed by atoms with Crippen LogP contribution in [0.4, 0.5) is 28.9 Å². The highest BCUT2D eigenvalue weighted by Gasteiger charge is 2.30. The quantitative estimate of drug-likeness (QED) is 0.478. The second-order valence-electron chi connectivity index (χ2n) is 6.28. The van der Waals surface area contributed by atoms with E-state index < -0.39 is 38.4 Å². The van der Waals surface area contributed by atoms with Crippen molar-refractivity contribution in [3.63, 3.8) is 0 Å². The van der Waals surface area contributed by atoms with E-state index in [0.29, 0.717) is 23.2 Å². The highest BCUT2D eigenvalue weighted by molar-refractivity contribution is 7.92. The van der Waals surface area contributed by atoms with Gasteiger partial charge in [-0.3, -0.25) is 9.52 Å². The van der Waals surface area contributed by atoms with Crippen molar-refractivity contribution in [3.05, 3.63) is 88.7 Å². The maximum absolute atomic E-state index is 14.4. The molecule has 0 heterocycles. The first-order valence-corrected chi connectivity index (χ1v) is 10.4. The second kappa shape index (κ2) is 8.56. The molecule has 1 amide bonds. The molecule has 162 valence electrons. The van der Waals surface area contributed by atoms with Crippen molar-refractivity contribution in [2.24, 2.45) is 0 Å². The van der Waals surface area contributed by atoms with Crippen molar-refractivity contribution in [1.29, 1.82) is 0 Å². The zero-order valence-corrected chi connectivity index (χ0v) is 16.9. The molecule has 0 saturated carbocycles. The van der Waals surface area contributed by atoms with Crippen LogP contribution in [0.15, 0.2) is 71.6 Å². The van der Waals surface area contributed by atoms with Crippen molar-refractivity contribution in [2.75, 3.05) is 10.0 Å². The first-order chi connectivity index (χ1) is 14.5. The molecule has 0 spiro atoms. The molecule has 0 bridgehead atoms. The number of hydrogen-bond acceptors (Lipinski definition) is 3. The Morgan fingerprint density at radius 3 is 2.06 bits per heavy atom. The van der Waals surface area contributed by atoms with Gasteiger partial charge < -0.3 is 5.32 Å². The number of amides is 1. The molecular weight excluding hydrogens is 460 g/mol. The molecule has 0 fully saturated rings. The van der Waals surface area contributed by atoms with Gasteiger partial charge in [0.15, 0.2) is 0 Å². The molecule has 3 rings (SSSR count). The summed E-state index contributed by atoms with van der Waals surface area (Å²) in [5.74, 6) is -1.65. The number of rotatable bonds is 5. The molecule has 0 aliphatic heterocycles. The van der Waals surface area contributed by atoms with E-state index in [1.54, 1.807) is 0 Å². The smallest absolute Gasteiger partial charge is 0.319 e. The van der Waals surface area contributed by atoms with Gasteiger partial charge in [-0.05, 0) is 66.7 Å². The molecule has 0 aliphatic rings. The summed E-state index contributed by atoms with van der Waals surface area (Å²) >= 11 is 5.74. The van der Waals surface area contributed by atoms with Crippen LogP contribution in [0.5, 0.6) is 0 Å². The molecule has 0 atom stereocenters. The average Bonchev–Trinajstić information content (AvgIpc) is 2.69. The van der Waals surface area contributed by atoms with Crippen LogP contribution in [0.3, 0.4) is 0 Å². The second-order valence-corrected chi connectivity index (χ2v) is 8.40. The van der Waals surface area contributed by atoms with Gasteiger partial charge in [-0.2, -0.15) is 13.2 Å². The van der Waals surface area contributed by atoms with Gasteiger partial charge in [0.25, 0.3) is 15.9 Å². The number of alkyl halides is 3. The lowest BCUT2D eigenvalue weighted by atomic mass is 10.2. The van der Waals surface area contributed by atoms with Crippen LogP contribution in [0, 0.1) is 5.82 Å². The van der Waals surface area contributed by atoms with Crippen LogP contribution in [-0.2, 0) is 16.2 Å². The minimum absolute atomic E-state index is 0.131. The number of carbonyl (C=O) groups is 1. The average molecular weight is 473 g/mol. The summed E-state index contributed by atoms with van der Waals surface area (Å²) in [5, 5.41) is 2.73. The molecule has 3 aromatic rings. The number of benzene rings is 3. The summed E-state index contributed by atoms with van der Waals surface area (Å²) in [7, 11) is -4.28. The van der Waals surface area contributed by atoms with E-state index in [0.717, 1.165) is 24.3 Å². The normalized spacial score (nSPS) is 11.8. The van der Waals surface area contributed by atoms with Gasteiger partial charge in [0.1, 0.15) is 5.82 Å². The zero-order valence-electron chi connectivity index (χ0n) is 15.4. The van der Waals surface area contributed by atoms with Gasteiger partial charge in [0, 0.05) is 16.3 Å². The molecule has 31 heavy (non-hydrogen) atoms. The van der Waals surface area contributed by atoms with Gasteiger partial charge in [-0.15, -0.1) is 0 Å². The fourth-order valence-electron chi connectivity index (χ4n) is 2.50. The summed E-state index contributed by atoms with van der Waals surface area (Å²) in [5.41, 5.74) is -1.12. The van der Waals surface area contributed by atoms with Crippen molar-refractivity contribution in [3.8, 4) is 0 Å². The van der Waals surface area contributed by atoms with E-state index in [-0.39, 0.29) is 16.9 Å². The number of halogens is 5. The number of anilines is 2. The Morgan fingerprint density at radius 1 is 0.903 bits per heavy atom. The summed E-state index contributed by atoms with van der Waals surface area (Å²) in [6.07, 6.45) is -4.56. The molecule has 0 unspecified atom stereocenters. The standard InChI is InChI=1S/C20H13ClF4N2O3S/c21-14-5-1-12(2-6-14)19(28)26-18-10-9-16(11-17(18)22)31(29,30)27-15-7-3-13(4-8-15)20(23,24)25/h1-11,27H,(H,26,28). The number of sulfonamides is 1. The van der Waals surface area contributed by atoms with Crippen LogP contribution < -0.4 is 10.0 Å². The molecule has 0 aliphatic carbocycles. The Balaban J connectivity index is 1.76. The molecule has 0 radical (unpaired) electrons. The van der Waals surface area contributed by atoms with E-state index in [4.69, 9.17) is 11.6 Å². The first kappa shape index (κ1) is 22.6. The highest BCUT2D eigenvalue weighted by atomic mass is 35.5. The molecule has 0 aromatic heterocycles. The third-order valence-electron chi connectivity index (χ3n) is 4.07. The molecular formula is C20H13ClF4N2O3S. The minimum atomic E-state index is -4.56. The maximum Gasteiger partial charge on any atom is 0.416 e. The lowest BCUT2D eigenvalue weighted by molar-refractivity contribution is -0.137. The fraction of sp³-hybridized carbons (Fsp3) is 0.0500. The summed E-state index contributed by atoms with van der Waals surface area (Å²) in [6.45, 7) is 0. The van der Waals surface area contributed by atoms with E-state index in [1.165, 1.54) is 24.3 Å². The molecule has 11 heteroatoms. The summed E-state index contributed by atoms with van der Waals surface area (Å²) < 4.78 is 79.1. The highest BCUT2D eigenvalue weighted by Crippen LogP contribution is 2.30. The topological polar surface area (TPSA) is 75.3 Å². The van der Waals surface area contributed by atoms with Gasteiger partial charge in [0.05, 0.1) is 16.1 Å². The Morgan fingerprint density at radius 2 is 1.52 bits per heavy atom. The third kappa shape index (κ3) is 5.53. The van der Waals surface area contributed by atoms with Crippen molar-refractivity contribution < 1.29 is 30.8 Å². The first-order valence-electron chi connectivity index (χ1n) is 8.52. The lowest BCUT2D eigenvalue weighted by Gasteiger charge is -2.12. The number of hydrogen-bond donors (Lipinski definition) is 2. The Hall–Kier alpha value is -3.11. The maximum atomic E-state index is 14.4. The largest absolute Gasteiger partial charge is 0.416 e. The van der Waals surface area contributed by atoms with E-state index in [2.05, 4.69) is 10.0 Å². The molecule has 2 N–H and O–H groups in total. The van der Waals surface area contributed by atoms with Gasteiger partial charge in [-0.25, -0.2) is 12.8 Å². The lowest BCUT2D eigenvalue weighted by Crippen LogP contribution is -2.15. The predicted molar refractivity (Wildman–Crippen MR) is 108 cm³/mol. The van der Waals surface area contributed by atoms with Gasteiger partial charge >= 0.3 is 6.18 Å². The fourth-order valence-corrected chi connectivity index (χ4v) is 3.70. The third-order valence-corrected chi connectivity index (χ3v) is 5.70. The Kier molecular flexibility index (Phi) is 6.23. The monoisotopic (exact) mass is 472 g/mol. The van der Waals surface area contributed by atoms with E-state index in [1.807, 2.05) is 0 Å². The van der Waals surface area contributed by atoms with Crippen molar-refractivity contribution >= 4 is 38.9 Å². The van der Waals surface area contributed by atoms with E-state index >= 15 is 0 Å². The van der Waals surface area contributed by atoms with Crippen molar-refractivity contribution in [1.82, 2.24) is 0 Å². The zero-order chi connectivity index (χ0) is 22.8. The molecule has 5 nitrogen and oxygen atoms in total. The van der Waals surface area contributed by atoms with Gasteiger partial charge in [-0.1, -0.05) is 11.6 Å². The molecule has 0 saturated heterocycles. The number of carbonyl (C=O) groups excluding carboxylic acids is 1. The minimum Gasteiger partial charge on any atom is -0.319 e. The predicted octanol–water partition coefficient (Wildman–Crippen LogP) is 5.55. The Bertz CT molecular complexity index is 1210. The van der Waals surface area contributed by atoms with Crippen LogP contribution in [-0.4, -0.2) is 14.3 Å².